The summed E-state index contributed by atoms with van der Waals surface area (Å²) in [6, 6.07) is 3.05. The number of carboxylic acid groups (broad SMARTS) is 1. The molecule has 0 aromatic heterocycles. The van der Waals surface area contributed by atoms with Gasteiger partial charge < -0.3 is 5.11 Å². The van der Waals surface area contributed by atoms with Crippen molar-refractivity contribution in [2.24, 2.45) is 0 Å². The van der Waals surface area contributed by atoms with Crippen molar-refractivity contribution in [1.29, 1.82) is 0 Å². The minimum Gasteiger partial charge on any atom is -0.478 e. The fraction of sp³-hybridized carbons (Fsp3) is 0.417. The van der Waals surface area contributed by atoms with Gasteiger partial charge in [-0.05, 0) is 30.7 Å². The Morgan fingerprint density at radius 3 is 2.44 bits per heavy atom. The van der Waals surface area contributed by atoms with E-state index in [4.69, 9.17) is 39.9 Å². The van der Waals surface area contributed by atoms with E-state index in [2.05, 4.69) is 0 Å². The molecule has 0 unspecified atom stereocenters. The Bertz CT molecular complexity index is 455. The number of carbonyl (C=O) groups is 1. The zero-order valence-electron chi connectivity index (χ0n) is 9.97. The van der Waals surface area contributed by atoms with Crippen molar-refractivity contribution < 1.29 is 9.90 Å². The van der Waals surface area contributed by atoms with E-state index in [9.17, 15) is 4.79 Å². The van der Waals surface area contributed by atoms with Crippen LogP contribution in [0.5, 0.6) is 0 Å². The normalized spacial score (nSPS) is 11.6. The minimum atomic E-state index is -1.54. The van der Waals surface area contributed by atoms with E-state index in [1.807, 2.05) is 6.92 Å². The van der Waals surface area contributed by atoms with Crippen LogP contribution < -0.4 is 0 Å². The van der Waals surface area contributed by atoms with Crippen LogP contribution >= 0.6 is 46.6 Å². The molecule has 0 amide bonds. The van der Waals surface area contributed by atoms with Gasteiger partial charge in [-0.15, -0.1) is 11.8 Å². The molecule has 0 fully saturated rings. The quantitative estimate of drug-likeness (QED) is 0.623. The lowest BCUT2D eigenvalue weighted by atomic mass is 10.1. The van der Waals surface area contributed by atoms with Crippen LogP contribution in [0.15, 0.2) is 17.0 Å². The van der Waals surface area contributed by atoms with Gasteiger partial charge in [0.05, 0.1) is 5.56 Å². The lowest BCUT2D eigenvalue weighted by molar-refractivity contribution is 0.0696. The van der Waals surface area contributed by atoms with E-state index >= 15 is 0 Å². The molecule has 0 radical (unpaired) electrons. The van der Waals surface area contributed by atoms with Gasteiger partial charge in [0.1, 0.15) is 0 Å². The van der Waals surface area contributed by atoms with Crippen molar-refractivity contribution in [2.45, 2.75) is 29.0 Å². The number of hydrogen-bond donors (Lipinski definition) is 1. The van der Waals surface area contributed by atoms with Crippen LogP contribution in [0.2, 0.25) is 0 Å². The summed E-state index contributed by atoms with van der Waals surface area (Å²) in [6.45, 7) is 3.78. The predicted octanol–water partition coefficient (Wildman–Crippen LogP) is 5.02. The zero-order valence-corrected chi connectivity index (χ0v) is 13.1. The summed E-state index contributed by atoms with van der Waals surface area (Å²) in [4.78, 5) is 11.8. The smallest absolute Gasteiger partial charge is 0.335 e. The van der Waals surface area contributed by atoms with Crippen LogP contribution in [0.4, 0.5) is 0 Å². The molecule has 0 saturated heterocycles. The van der Waals surface area contributed by atoms with Crippen LogP contribution in [-0.4, -0.2) is 16.8 Å². The Kier molecular flexibility index (Phi) is 5.66. The number of carboxylic acids is 1. The van der Waals surface area contributed by atoms with Gasteiger partial charge in [0.2, 0.25) is 3.79 Å². The van der Waals surface area contributed by atoms with Crippen molar-refractivity contribution in [1.82, 2.24) is 0 Å². The van der Waals surface area contributed by atoms with Crippen LogP contribution in [-0.2, 0) is 3.79 Å². The SMILES string of the molecule is CCCSc1c(C(Cl)(Cl)Cl)ccc(C(=O)O)c1C. The summed E-state index contributed by atoms with van der Waals surface area (Å²) in [5.41, 5.74) is 1.42. The first-order chi connectivity index (χ1) is 8.29. The van der Waals surface area contributed by atoms with Gasteiger partial charge in [-0.25, -0.2) is 4.79 Å². The molecular formula is C12H13Cl3O2S. The maximum absolute atomic E-state index is 11.1. The second kappa shape index (κ2) is 6.38. The number of aromatic carboxylic acids is 1. The third-order valence-electron chi connectivity index (χ3n) is 2.39. The summed E-state index contributed by atoms with van der Waals surface area (Å²) in [6.07, 6.45) is 0.959. The third kappa shape index (κ3) is 3.70. The summed E-state index contributed by atoms with van der Waals surface area (Å²) in [7, 11) is 0. The Hall–Kier alpha value is -0.0900. The molecule has 0 aliphatic carbocycles. The Balaban J connectivity index is 3.36. The number of alkyl halides is 3. The van der Waals surface area contributed by atoms with E-state index in [1.54, 1.807) is 13.0 Å². The average Bonchev–Trinajstić information content (AvgIpc) is 2.25. The van der Waals surface area contributed by atoms with Crippen LogP contribution in [0.3, 0.4) is 0 Å². The van der Waals surface area contributed by atoms with Crippen LogP contribution in [0, 0.1) is 6.92 Å². The molecule has 0 saturated carbocycles. The molecule has 0 spiro atoms. The molecule has 6 heteroatoms. The van der Waals surface area contributed by atoms with Crippen molar-refractivity contribution >= 4 is 52.5 Å². The molecular weight excluding hydrogens is 315 g/mol. The van der Waals surface area contributed by atoms with Gasteiger partial charge in [0.15, 0.2) is 0 Å². The molecule has 0 bridgehead atoms. The first kappa shape index (κ1) is 16.0. The molecule has 0 atom stereocenters. The number of halogens is 3. The third-order valence-corrected chi connectivity index (χ3v) is 4.43. The van der Waals surface area contributed by atoms with Crippen molar-refractivity contribution in [3.05, 3.63) is 28.8 Å². The molecule has 18 heavy (non-hydrogen) atoms. The first-order valence-corrected chi connectivity index (χ1v) is 7.47. The summed E-state index contributed by atoms with van der Waals surface area (Å²) < 4.78 is -1.54. The highest BCUT2D eigenvalue weighted by molar-refractivity contribution is 7.99. The van der Waals surface area contributed by atoms with Crippen molar-refractivity contribution in [3.8, 4) is 0 Å². The molecule has 2 nitrogen and oxygen atoms in total. The van der Waals surface area contributed by atoms with Gasteiger partial charge in [-0.1, -0.05) is 47.8 Å². The Morgan fingerprint density at radius 1 is 1.39 bits per heavy atom. The number of benzene rings is 1. The van der Waals surface area contributed by atoms with Gasteiger partial charge in [-0.2, -0.15) is 0 Å². The fourth-order valence-electron chi connectivity index (χ4n) is 1.54. The topological polar surface area (TPSA) is 37.3 Å². The first-order valence-electron chi connectivity index (χ1n) is 5.36. The molecule has 0 heterocycles. The highest BCUT2D eigenvalue weighted by Crippen LogP contribution is 2.44. The fourth-order valence-corrected chi connectivity index (χ4v) is 3.29. The molecule has 0 aliphatic rings. The number of rotatable bonds is 4. The lowest BCUT2D eigenvalue weighted by Crippen LogP contribution is -2.08. The van der Waals surface area contributed by atoms with E-state index in [0.29, 0.717) is 11.1 Å². The maximum atomic E-state index is 11.1. The predicted molar refractivity (Wildman–Crippen MR) is 78.4 cm³/mol. The van der Waals surface area contributed by atoms with E-state index < -0.39 is 9.76 Å². The molecule has 1 aromatic carbocycles. The van der Waals surface area contributed by atoms with E-state index in [1.165, 1.54) is 17.8 Å². The van der Waals surface area contributed by atoms with E-state index in [0.717, 1.165) is 17.1 Å². The van der Waals surface area contributed by atoms with Crippen LogP contribution in [0.1, 0.15) is 34.8 Å². The second-order valence-electron chi connectivity index (χ2n) is 3.77. The monoisotopic (exact) mass is 326 g/mol. The summed E-state index contributed by atoms with van der Waals surface area (Å²) in [5.74, 6) is -0.126. The maximum Gasteiger partial charge on any atom is 0.335 e. The second-order valence-corrected chi connectivity index (χ2v) is 7.15. The van der Waals surface area contributed by atoms with Crippen molar-refractivity contribution in [2.75, 3.05) is 5.75 Å². The Morgan fingerprint density at radius 2 is 2.00 bits per heavy atom. The number of hydrogen-bond acceptors (Lipinski definition) is 2. The molecule has 1 aromatic rings. The lowest BCUT2D eigenvalue weighted by Gasteiger charge is -2.19. The Labute approximate surface area is 126 Å². The molecule has 100 valence electrons. The standard InChI is InChI=1S/C12H13Cl3O2S/c1-3-6-18-10-7(2)8(11(16)17)4-5-9(10)12(13,14)15/h4-5H,3,6H2,1-2H3,(H,16,17). The number of thioether (sulfide) groups is 1. The van der Waals surface area contributed by atoms with Gasteiger partial charge >= 0.3 is 5.97 Å². The van der Waals surface area contributed by atoms with Crippen molar-refractivity contribution in [3.63, 3.8) is 0 Å². The molecule has 1 N–H and O–H groups in total. The largest absolute Gasteiger partial charge is 0.478 e. The summed E-state index contributed by atoms with van der Waals surface area (Å²) >= 11 is 19.3. The summed E-state index contributed by atoms with van der Waals surface area (Å²) in [5, 5.41) is 9.10. The minimum absolute atomic E-state index is 0.242. The van der Waals surface area contributed by atoms with Crippen LogP contribution in [0.25, 0.3) is 0 Å². The highest BCUT2D eigenvalue weighted by atomic mass is 35.6. The van der Waals surface area contributed by atoms with E-state index in [-0.39, 0.29) is 5.56 Å². The zero-order chi connectivity index (χ0) is 13.9. The molecule has 1 rings (SSSR count). The highest BCUT2D eigenvalue weighted by Gasteiger charge is 2.28. The van der Waals surface area contributed by atoms with Gasteiger partial charge in [0, 0.05) is 10.5 Å². The average molecular weight is 328 g/mol. The molecule has 0 aliphatic heterocycles. The van der Waals surface area contributed by atoms with Gasteiger partial charge in [-0.3, -0.25) is 0 Å². The van der Waals surface area contributed by atoms with Gasteiger partial charge in [0.25, 0.3) is 0 Å².